The van der Waals surface area contributed by atoms with Crippen molar-refractivity contribution in [3.63, 3.8) is 0 Å². The molecule has 0 saturated heterocycles. The summed E-state index contributed by atoms with van der Waals surface area (Å²) < 4.78 is 1.88. The maximum Gasteiger partial charge on any atom is 0.251 e. The summed E-state index contributed by atoms with van der Waals surface area (Å²) in [5, 5.41) is 3.51. The monoisotopic (exact) mass is 263 g/mol. The largest absolute Gasteiger partial charge is 0.342 e. The Morgan fingerprint density at radius 3 is 2.61 bits per heavy atom. The average Bonchev–Trinajstić information content (AvgIpc) is 2.76. The zero-order chi connectivity index (χ0) is 13.1. The number of imidazole rings is 1. The van der Waals surface area contributed by atoms with Gasteiger partial charge in [0.05, 0.1) is 6.04 Å². The first-order valence-electron chi connectivity index (χ1n) is 5.61. The van der Waals surface area contributed by atoms with Gasteiger partial charge in [0.25, 0.3) is 5.91 Å². The number of aromatic nitrogens is 2. The van der Waals surface area contributed by atoms with E-state index in [0.717, 1.165) is 5.82 Å². The highest BCUT2D eigenvalue weighted by Gasteiger charge is 2.14. The molecule has 1 unspecified atom stereocenters. The second-order valence-electron chi connectivity index (χ2n) is 4.10. The van der Waals surface area contributed by atoms with Crippen LogP contribution in [0.1, 0.15) is 29.1 Å². The van der Waals surface area contributed by atoms with Crippen LogP contribution in [0, 0.1) is 0 Å². The van der Waals surface area contributed by atoms with Crippen LogP contribution in [-0.4, -0.2) is 15.5 Å². The SMILES string of the molecule is CC(NC(=O)c1ccc(Cl)cc1)c1nccn1C. The van der Waals surface area contributed by atoms with Crippen molar-refractivity contribution in [1.29, 1.82) is 0 Å². The molecule has 0 aliphatic rings. The summed E-state index contributed by atoms with van der Waals surface area (Å²) >= 11 is 5.78. The number of aryl methyl sites for hydroxylation is 1. The Bertz CT molecular complexity index is 548. The minimum Gasteiger partial charge on any atom is -0.342 e. The second kappa shape index (κ2) is 5.23. The summed E-state index contributed by atoms with van der Waals surface area (Å²) in [6.07, 6.45) is 3.56. The lowest BCUT2D eigenvalue weighted by Crippen LogP contribution is -2.28. The van der Waals surface area contributed by atoms with E-state index in [1.807, 2.05) is 24.7 Å². The van der Waals surface area contributed by atoms with Crippen molar-refractivity contribution in [2.75, 3.05) is 0 Å². The lowest BCUT2D eigenvalue weighted by molar-refractivity contribution is 0.0938. The maximum absolute atomic E-state index is 12.0. The van der Waals surface area contributed by atoms with Gasteiger partial charge >= 0.3 is 0 Å². The zero-order valence-corrected chi connectivity index (χ0v) is 11.0. The van der Waals surface area contributed by atoms with Gasteiger partial charge in [-0.05, 0) is 31.2 Å². The van der Waals surface area contributed by atoms with Crippen LogP contribution in [0.25, 0.3) is 0 Å². The molecule has 18 heavy (non-hydrogen) atoms. The van der Waals surface area contributed by atoms with Crippen LogP contribution in [0.5, 0.6) is 0 Å². The summed E-state index contributed by atoms with van der Waals surface area (Å²) in [7, 11) is 1.90. The zero-order valence-electron chi connectivity index (χ0n) is 10.2. The molecular weight excluding hydrogens is 250 g/mol. The molecule has 1 atom stereocenters. The van der Waals surface area contributed by atoms with Crippen LogP contribution in [0.15, 0.2) is 36.7 Å². The number of rotatable bonds is 3. The molecule has 0 saturated carbocycles. The van der Waals surface area contributed by atoms with Gasteiger partial charge in [0.1, 0.15) is 5.82 Å². The fourth-order valence-electron chi connectivity index (χ4n) is 1.74. The van der Waals surface area contributed by atoms with Gasteiger partial charge in [0.2, 0.25) is 0 Å². The van der Waals surface area contributed by atoms with E-state index in [-0.39, 0.29) is 11.9 Å². The van der Waals surface area contributed by atoms with Crippen LogP contribution >= 0.6 is 11.6 Å². The summed E-state index contributed by atoms with van der Waals surface area (Å²) in [4.78, 5) is 16.2. The van der Waals surface area contributed by atoms with Crippen LogP contribution in [0.4, 0.5) is 0 Å². The smallest absolute Gasteiger partial charge is 0.251 e. The van der Waals surface area contributed by atoms with Crippen molar-refractivity contribution in [3.8, 4) is 0 Å². The highest BCUT2D eigenvalue weighted by atomic mass is 35.5. The van der Waals surface area contributed by atoms with E-state index in [9.17, 15) is 4.79 Å². The minimum absolute atomic E-state index is 0.137. The van der Waals surface area contributed by atoms with Gasteiger partial charge in [-0.25, -0.2) is 4.98 Å². The van der Waals surface area contributed by atoms with E-state index in [0.29, 0.717) is 10.6 Å². The van der Waals surface area contributed by atoms with Gasteiger partial charge < -0.3 is 9.88 Å². The summed E-state index contributed by atoms with van der Waals surface area (Å²) in [5.74, 6) is 0.680. The van der Waals surface area contributed by atoms with Gasteiger partial charge in [0.15, 0.2) is 0 Å². The number of carbonyl (C=O) groups is 1. The predicted octanol–water partition coefficient (Wildman–Crippen LogP) is 2.56. The molecule has 0 fully saturated rings. The van der Waals surface area contributed by atoms with Gasteiger partial charge in [-0.1, -0.05) is 11.6 Å². The van der Waals surface area contributed by atoms with Gasteiger partial charge in [-0.3, -0.25) is 4.79 Å². The first kappa shape index (κ1) is 12.6. The van der Waals surface area contributed by atoms with Crippen molar-refractivity contribution < 1.29 is 4.79 Å². The molecule has 1 N–H and O–H groups in total. The number of nitrogens with one attached hydrogen (secondary N) is 1. The van der Waals surface area contributed by atoms with Crippen LogP contribution < -0.4 is 5.32 Å². The number of hydrogen-bond donors (Lipinski definition) is 1. The van der Waals surface area contributed by atoms with Crippen LogP contribution in [0.3, 0.4) is 0 Å². The fourth-order valence-corrected chi connectivity index (χ4v) is 1.87. The third-order valence-electron chi connectivity index (χ3n) is 2.70. The third kappa shape index (κ3) is 2.71. The van der Waals surface area contributed by atoms with E-state index in [2.05, 4.69) is 10.3 Å². The van der Waals surface area contributed by atoms with Crippen molar-refractivity contribution in [1.82, 2.24) is 14.9 Å². The first-order valence-corrected chi connectivity index (χ1v) is 5.99. The van der Waals surface area contributed by atoms with E-state index in [1.165, 1.54) is 0 Å². The topological polar surface area (TPSA) is 46.9 Å². The molecule has 2 rings (SSSR count). The second-order valence-corrected chi connectivity index (χ2v) is 4.53. The Hall–Kier alpha value is -1.81. The summed E-state index contributed by atoms with van der Waals surface area (Å²) in [6, 6.07) is 6.64. The van der Waals surface area contributed by atoms with Crippen LogP contribution in [0.2, 0.25) is 5.02 Å². The molecule has 0 aliphatic heterocycles. The number of carbonyl (C=O) groups excluding carboxylic acids is 1. The summed E-state index contributed by atoms with van der Waals surface area (Å²) in [6.45, 7) is 1.90. The molecule has 94 valence electrons. The van der Waals surface area contributed by atoms with Crippen molar-refractivity contribution in [2.24, 2.45) is 7.05 Å². The minimum atomic E-state index is -0.145. The van der Waals surface area contributed by atoms with Gasteiger partial charge in [-0.2, -0.15) is 0 Å². The predicted molar refractivity (Wildman–Crippen MR) is 70.5 cm³/mol. The van der Waals surface area contributed by atoms with Gasteiger partial charge in [-0.15, -0.1) is 0 Å². The first-order chi connectivity index (χ1) is 8.58. The van der Waals surface area contributed by atoms with Crippen molar-refractivity contribution in [3.05, 3.63) is 53.1 Å². The normalized spacial score (nSPS) is 12.2. The third-order valence-corrected chi connectivity index (χ3v) is 2.95. The fraction of sp³-hybridized carbons (Fsp3) is 0.231. The molecule has 2 aromatic rings. The number of benzene rings is 1. The van der Waals surface area contributed by atoms with Crippen molar-refractivity contribution in [2.45, 2.75) is 13.0 Å². The Balaban J connectivity index is 2.08. The summed E-state index contributed by atoms with van der Waals surface area (Å²) in [5.41, 5.74) is 0.584. The maximum atomic E-state index is 12.0. The van der Waals surface area contributed by atoms with E-state index < -0.39 is 0 Å². The quantitative estimate of drug-likeness (QED) is 0.925. The molecule has 1 aromatic carbocycles. The number of halogens is 1. The molecule has 0 spiro atoms. The standard InChI is InChI=1S/C13H14ClN3O/c1-9(12-15-7-8-17(12)2)16-13(18)10-3-5-11(14)6-4-10/h3-9H,1-2H3,(H,16,18). The lowest BCUT2D eigenvalue weighted by atomic mass is 10.2. The lowest BCUT2D eigenvalue weighted by Gasteiger charge is -2.13. The molecule has 1 heterocycles. The molecule has 0 radical (unpaired) electrons. The average molecular weight is 264 g/mol. The molecule has 1 aromatic heterocycles. The Kier molecular flexibility index (Phi) is 3.67. The number of amides is 1. The Morgan fingerprint density at radius 1 is 1.39 bits per heavy atom. The molecular formula is C13H14ClN3O. The van der Waals surface area contributed by atoms with E-state index >= 15 is 0 Å². The highest BCUT2D eigenvalue weighted by molar-refractivity contribution is 6.30. The molecule has 5 heteroatoms. The molecule has 0 aliphatic carbocycles. The highest BCUT2D eigenvalue weighted by Crippen LogP contribution is 2.12. The van der Waals surface area contributed by atoms with Crippen molar-refractivity contribution >= 4 is 17.5 Å². The van der Waals surface area contributed by atoms with E-state index in [4.69, 9.17) is 11.6 Å². The number of hydrogen-bond acceptors (Lipinski definition) is 2. The Labute approximate surface area is 111 Å². The number of nitrogens with zero attached hydrogens (tertiary/aromatic N) is 2. The molecule has 0 bridgehead atoms. The van der Waals surface area contributed by atoms with E-state index in [1.54, 1.807) is 30.5 Å². The van der Waals surface area contributed by atoms with Gasteiger partial charge in [0, 0.05) is 30.0 Å². The molecule has 4 nitrogen and oxygen atoms in total. The Morgan fingerprint density at radius 2 is 2.06 bits per heavy atom. The van der Waals surface area contributed by atoms with Crippen LogP contribution in [-0.2, 0) is 7.05 Å². The molecule has 1 amide bonds.